The normalized spacial score (nSPS) is 14.9. The maximum atomic E-state index is 12.9. The molecule has 1 aliphatic rings. The lowest BCUT2D eigenvalue weighted by Gasteiger charge is -2.27. The van der Waals surface area contributed by atoms with Crippen LogP contribution in [0.4, 0.5) is 18.9 Å². The second-order valence-electron chi connectivity index (χ2n) is 7.24. The molecule has 29 heavy (non-hydrogen) atoms. The third-order valence-corrected chi connectivity index (χ3v) is 4.59. The number of nitrogens with zero attached hydrogens (tertiary/aromatic N) is 1. The first kappa shape index (κ1) is 20.6. The minimum Gasteiger partial charge on any atom is -0.324 e. The Morgan fingerprint density at radius 2 is 1.59 bits per heavy atom. The van der Waals surface area contributed by atoms with E-state index in [-0.39, 0.29) is 29.2 Å². The van der Waals surface area contributed by atoms with E-state index in [1.807, 2.05) is 13.8 Å². The van der Waals surface area contributed by atoms with Gasteiger partial charge in [-0.25, -0.2) is 0 Å². The van der Waals surface area contributed by atoms with Crippen molar-refractivity contribution in [3.8, 4) is 0 Å². The molecular formula is C21H19F3N2O3. The van der Waals surface area contributed by atoms with E-state index in [0.29, 0.717) is 0 Å². The highest BCUT2D eigenvalue weighted by Gasteiger charge is 2.42. The quantitative estimate of drug-likeness (QED) is 0.754. The largest absolute Gasteiger partial charge is 0.416 e. The van der Waals surface area contributed by atoms with E-state index in [1.54, 1.807) is 12.1 Å². The topological polar surface area (TPSA) is 66.5 Å². The van der Waals surface area contributed by atoms with Crippen LogP contribution in [0.5, 0.6) is 0 Å². The van der Waals surface area contributed by atoms with Gasteiger partial charge in [-0.05, 0) is 42.7 Å². The van der Waals surface area contributed by atoms with E-state index >= 15 is 0 Å². The average Bonchev–Trinajstić information content (AvgIpc) is 2.90. The Hall–Kier alpha value is -3.16. The molecule has 2 aromatic rings. The first-order valence-electron chi connectivity index (χ1n) is 9.04. The van der Waals surface area contributed by atoms with Crippen molar-refractivity contribution in [2.24, 2.45) is 5.92 Å². The Morgan fingerprint density at radius 1 is 1.00 bits per heavy atom. The molecule has 0 saturated carbocycles. The highest BCUT2D eigenvalue weighted by Crippen LogP contribution is 2.31. The van der Waals surface area contributed by atoms with E-state index in [2.05, 4.69) is 5.32 Å². The highest BCUT2D eigenvalue weighted by atomic mass is 19.4. The molecule has 1 N–H and O–H groups in total. The number of rotatable bonds is 5. The van der Waals surface area contributed by atoms with Gasteiger partial charge in [0, 0.05) is 5.69 Å². The zero-order valence-corrected chi connectivity index (χ0v) is 15.8. The summed E-state index contributed by atoms with van der Waals surface area (Å²) in [6, 6.07) is 9.32. The van der Waals surface area contributed by atoms with Crippen LogP contribution in [-0.2, 0) is 11.0 Å². The SMILES string of the molecule is CC(C)C[C@@H](C(=O)Nc1cccc(C(F)(F)F)c1)N1C(=O)c2ccccc2C1=O. The molecule has 0 fully saturated rings. The molecule has 0 aliphatic carbocycles. The van der Waals surface area contributed by atoms with Crippen molar-refractivity contribution in [3.63, 3.8) is 0 Å². The van der Waals surface area contributed by atoms with Crippen LogP contribution in [0.25, 0.3) is 0 Å². The fourth-order valence-corrected chi connectivity index (χ4v) is 3.27. The maximum absolute atomic E-state index is 12.9. The van der Waals surface area contributed by atoms with Crippen molar-refractivity contribution in [1.82, 2.24) is 4.90 Å². The molecule has 3 rings (SSSR count). The number of alkyl halides is 3. The maximum Gasteiger partial charge on any atom is 0.416 e. The number of nitrogens with one attached hydrogen (secondary N) is 1. The van der Waals surface area contributed by atoms with Gasteiger partial charge < -0.3 is 5.32 Å². The van der Waals surface area contributed by atoms with Gasteiger partial charge in [-0.3, -0.25) is 19.3 Å². The van der Waals surface area contributed by atoms with Crippen LogP contribution in [-0.4, -0.2) is 28.7 Å². The van der Waals surface area contributed by atoms with Crippen LogP contribution >= 0.6 is 0 Å². The summed E-state index contributed by atoms with van der Waals surface area (Å²) >= 11 is 0. The van der Waals surface area contributed by atoms with E-state index in [9.17, 15) is 27.6 Å². The Morgan fingerprint density at radius 3 is 2.10 bits per heavy atom. The number of hydrogen-bond donors (Lipinski definition) is 1. The van der Waals surface area contributed by atoms with Gasteiger partial charge in [0.2, 0.25) is 5.91 Å². The molecular weight excluding hydrogens is 385 g/mol. The summed E-state index contributed by atoms with van der Waals surface area (Å²) in [5.74, 6) is -1.94. The minimum atomic E-state index is -4.55. The van der Waals surface area contributed by atoms with Gasteiger partial charge in [0.15, 0.2) is 0 Å². The molecule has 0 spiro atoms. The lowest BCUT2D eigenvalue weighted by molar-refractivity contribution is -0.137. The summed E-state index contributed by atoms with van der Waals surface area (Å²) in [4.78, 5) is 39.3. The van der Waals surface area contributed by atoms with Crippen LogP contribution in [0, 0.1) is 5.92 Å². The fourth-order valence-electron chi connectivity index (χ4n) is 3.27. The second-order valence-corrected chi connectivity index (χ2v) is 7.24. The molecule has 0 saturated heterocycles. The van der Waals surface area contributed by atoms with E-state index in [0.717, 1.165) is 17.0 Å². The van der Waals surface area contributed by atoms with Crippen LogP contribution in [0.2, 0.25) is 0 Å². The fraction of sp³-hybridized carbons (Fsp3) is 0.286. The standard InChI is InChI=1S/C21H19F3N2O3/c1-12(2)10-17(26-19(28)15-8-3-4-9-16(15)20(26)29)18(27)25-14-7-5-6-13(11-14)21(22,23)24/h3-9,11-12,17H,10H2,1-2H3,(H,25,27)/t17-/m0/s1. The minimum absolute atomic E-state index is 0.0448. The Bertz CT molecular complexity index is 935. The monoisotopic (exact) mass is 404 g/mol. The summed E-state index contributed by atoms with van der Waals surface area (Å²) in [6.45, 7) is 3.64. The van der Waals surface area contributed by atoms with Crippen molar-refractivity contribution in [2.45, 2.75) is 32.5 Å². The number of anilines is 1. The van der Waals surface area contributed by atoms with Crippen LogP contribution < -0.4 is 5.32 Å². The van der Waals surface area contributed by atoms with Crippen molar-refractivity contribution < 1.29 is 27.6 Å². The predicted octanol–water partition coefficient (Wildman–Crippen LogP) is 4.35. The Labute approximate surface area is 165 Å². The Balaban J connectivity index is 1.89. The zero-order valence-electron chi connectivity index (χ0n) is 15.8. The number of imide groups is 1. The van der Waals surface area contributed by atoms with Crippen LogP contribution in [0.3, 0.4) is 0 Å². The average molecular weight is 404 g/mol. The predicted molar refractivity (Wildman–Crippen MR) is 100 cm³/mol. The molecule has 1 atom stereocenters. The van der Waals surface area contributed by atoms with Crippen molar-refractivity contribution in [2.75, 3.05) is 5.32 Å². The molecule has 0 unspecified atom stereocenters. The molecule has 5 nitrogen and oxygen atoms in total. The molecule has 0 radical (unpaired) electrons. The van der Waals surface area contributed by atoms with Crippen molar-refractivity contribution in [1.29, 1.82) is 0 Å². The number of halogens is 3. The summed E-state index contributed by atoms with van der Waals surface area (Å²) in [6.07, 6.45) is -4.38. The molecule has 3 amide bonds. The molecule has 1 heterocycles. The zero-order chi connectivity index (χ0) is 21.3. The smallest absolute Gasteiger partial charge is 0.324 e. The van der Waals surface area contributed by atoms with Crippen molar-refractivity contribution in [3.05, 3.63) is 65.2 Å². The lowest BCUT2D eigenvalue weighted by Crippen LogP contribution is -2.47. The number of amides is 3. The van der Waals surface area contributed by atoms with Gasteiger partial charge in [-0.2, -0.15) is 13.2 Å². The number of carbonyl (C=O) groups excluding carboxylic acids is 3. The lowest BCUT2D eigenvalue weighted by atomic mass is 10.0. The number of benzene rings is 2. The van der Waals surface area contributed by atoms with Gasteiger partial charge in [0.05, 0.1) is 16.7 Å². The molecule has 1 aliphatic heterocycles. The van der Waals surface area contributed by atoms with Gasteiger partial charge in [0.25, 0.3) is 11.8 Å². The number of fused-ring (bicyclic) bond motifs is 1. The molecule has 0 bridgehead atoms. The summed E-state index contributed by atoms with van der Waals surface area (Å²) in [5, 5.41) is 2.42. The second kappa shape index (κ2) is 7.69. The van der Waals surface area contributed by atoms with Gasteiger partial charge in [0.1, 0.15) is 6.04 Å². The first-order valence-corrected chi connectivity index (χ1v) is 9.04. The molecule has 8 heteroatoms. The van der Waals surface area contributed by atoms with Crippen LogP contribution in [0.1, 0.15) is 46.5 Å². The van der Waals surface area contributed by atoms with E-state index < -0.39 is 35.5 Å². The summed E-state index contributed by atoms with van der Waals surface area (Å²) in [7, 11) is 0. The summed E-state index contributed by atoms with van der Waals surface area (Å²) in [5.41, 5.74) is -0.553. The Kier molecular flexibility index (Phi) is 5.46. The van der Waals surface area contributed by atoms with E-state index in [4.69, 9.17) is 0 Å². The third kappa shape index (κ3) is 4.16. The number of carbonyl (C=O) groups is 3. The van der Waals surface area contributed by atoms with Gasteiger partial charge in [-0.15, -0.1) is 0 Å². The highest BCUT2D eigenvalue weighted by molar-refractivity contribution is 6.23. The van der Waals surface area contributed by atoms with E-state index in [1.165, 1.54) is 24.3 Å². The molecule has 0 aromatic heterocycles. The van der Waals surface area contributed by atoms with Crippen LogP contribution in [0.15, 0.2) is 48.5 Å². The number of hydrogen-bond acceptors (Lipinski definition) is 3. The van der Waals surface area contributed by atoms with Gasteiger partial charge in [-0.1, -0.05) is 32.0 Å². The molecule has 152 valence electrons. The first-order chi connectivity index (χ1) is 13.6. The summed E-state index contributed by atoms with van der Waals surface area (Å²) < 4.78 is 38.8. The molecule has 2 aromatic carbocycles. The van der Waals surface area contributed by atoms with Crippen molar-refractivity contribution >= 4 is 23.4 Å². The van der Waals surface area contributed by atoms with Gasteiger partial charge >= 0.3 is 6.18 Å². The third-order valence-electron chi connectivity index (χ3n) is 4.59.